The number of aromatic nitrogens is 2. The summed E-state index contributed by atoms with van der Waals surface area (Å²) >= 11 is 5.88. The Kier molecular flexibility index (Phi) is 3.26. The molecule has 15 heavy (non-hydrogen) atoms. The van der Waals surface area contributed by atoms with Gasteiger partial charge in [0.2, 0.25) is 11.8 Å². The molecule has 0 radical (unpaired) electrons. The quantitative estimate of drug-likeness (QED) is 0.861. The summed E-state index contributed by atoms with van der Waals surface area (Å²) in [7, 11) is 0. The SMILES string of the molecule is Nc1ncc(Cl)c(OCC2CCCC2)n1. The molecular formula is C10H14ClN3O. The first-order valence-corrected chi connectivity index (χ1v) is 5.54. The van der Waals surface area contributed by atoms with Crippen LogP contribution in [0.25, 0.3) is 0 Å². The number of hydrogen-bond acceptors (Lipinski definition) is 4. The van der Waals surface area contributed by atoms with Crippen molar-refractivity contribution in [3.63, 3.8) is 0 Å². The van der Waals surface area contributed by atoms with Gasteiger partial charge in [-0.1, -0.05) is 24.4 Å². The van der Waals surface area contributed by atoms with Gasteiger partial charge >= 0.3 is 0 Å². The first-order valence-electron chi connectivity index (χ1n) is 5.16. The largest absolute Gasteiger partial charge is 0.476 e. The van der Waals surface area contributed by atoms with Crippen molar-refractivity contribution >= 4 is 17.5 Å². The summed E-state index contributed by atoms with van der Waals surface area (Å²) in [5.41, 5.74) is 5.45. The highest BCUT2D eigenvalue weighted by molar-refractivity contribution is 6.31. The second kappa shape index (κ2) is 4.66. The van der Waals surface area contributed by atoms with E-state index in [0.717, 1.165) is 0 Å². The molecule has 0 aromatic carbocycles. The molecule has 2 rings (SSSR count). The van der Waals surface area contributed by atoms with Crippen molar-refractivity contribution in [1.82, 2.24) is 9.97 Å². The highest BCUT2D eigenvalue weighted by Crippen LogP contribution is 2.27. The predicted molar refractivity (Wildman–Crippen MR) is 58.9 cm³/mol. The van der Waals surface area contributed by atoms with E-state index < -0.39 is 0 Å². The molecular weight excluding hydrogens is 214 g/mol. The Morgan fingerprint density at radius 2 is 2.20 bits per heavy atom. The molecule has 1 aromatic heterocycles. The molecule has 5 heteroatoms. The minimum absolute atomic E-state index is 0.195. The molecule has 2 N–H and O–H groups in total. The maximum absolute atomic E-state index is 5.88. The molecule has 4 nitrogen and oxygen atoms in total. The van der Waals surface area contributed by atoms with Crippen LogP contribution < -0.4 is 10.5 Å². The Morgan fingerprint density at radius 3 is 2.93 bits per heavy atom. The fraction of sp³-hybridized carbons (Fsp3) is 0.600. The summed E-state index contributed by atoms with van der Waals surface area (Å²) < 4.78 is 5.54. The van der Waals surface area contributed by atoms with Crippen LogP contribution in [0, 0.1) is 5.92 Å². The van der Waals surface area contributed by atoms with Crippen LogP contribution in [0.3, 0.4) is 0 Å². The van der Waals surface area contributed by atoms with Gasteiger partial charge in [0.15, 0.2) is 0 Å². The second-order valence-electron chi connectivity index (χ2n) is 3.84. The third kappa shape index (κ3) is 2.72. The van der Waals surface area contributed by atoms with Crippen molar-refractivity contribution in [2.75, 3.05) is 12.3 Å². The van der Waals surface area contributed by atoms with Crippen LogP contribution in [0.15, 0.2) is 6.20 Å². The molecule has 0 bridgehead atoms. The van der Waals surface area contributed by atoms with E-state index in [1.807, 2.05) is 0 Å². The third-order valence-electron chi connectivity index (χ3n) is 2.66. The molecule has 0 unspecified atom stereocenters. The first kappa shape index (κ1) is 10.5. The number of anilines is 1. The lowest BCUT2D eigenvalue weighted by molar-refractivity contribution is 0.243. The van der Waals surface area contributed by atoms with Gasteiger partial charge in [-0.2, -0.15) is 4.98 Å². The van der Waals surface area contributed by atoms with E-state index in [1.165, 1.54) is 31.9 Å². The highest BCUT2D eigenvalue weighted by Gasteiger charge is 2.16. The number of ether oxygens (including phenoxy) is 1. The molecule has 1 heterocycles. The molecule has 0 aliphatic heterocycles. The van der Waals surface area contributed by atoms with E-state index in [9.17, 15) is 0 Å². The third-order valence-corrected chi connectivity index (χ3v) is 2.92. The number of nitrogen functional groups attached to an aromatic ring is 1. The van der Waals surface area contributed by atoms with E-state index >= 15 is 0 Å². The molecule has 1 aliphatic carbocycles. The predicted octanol–water partition coefficient (Wildman–Crippen LogP) is 2.28. The number of halogens is 1. The molecule has 1 saturated carbocycles. The van der Waals surface area contributed by atoms with E-state index in [0.29, 0.717) is 23.4 Å². The van der Waals surface area contributed by atoms with Gasteiger partial charge in [-0.3, -0.25) is 0 Å². The summed E-state index contributed by atoms with van der Waals surface area (Å²) in [4.78, 5) is 7.72. The normalized spacial score (nSPS) is 16.9. The van der Waals surface area contributed by atoms with Crippen molar-refractivity contribution in [3.05, 3.63) is 11.2 Å². The molecule has 0 amide bonds. The summed E-state index contributed by atoms with van der Waals surface area (Å²) in [6.07, 6.45) is 6.53. The molecule has 1 fully saturated rings. The fourth-order valence-electron chi connectivity index (χ4n) is 1.84. The van der Waals surface area contributed by atoms with Crippen LogP contribution in [0.2, 0.25) is 5.02 Å². The zero-order valence-electron chi connectivity index (χ0n) is 8.45. The van der Waals surface area contributed by atoms with Crippen molar-refractivity contribution < 1.29 is 4.74 Å². The van der Waals surface area contributed by atoms with Crippen molar-refractivity contribution in [3.8, 4) is 5.88 Å². The number of rotatable bonds is 3. The molecule has 0 saturated heterocycles. The fourth-order valence-corrected chi connectivity index (χ4v) is 1.98. The van der Waals surface area contributed by atoms with Crippen molar-refractivity contribution in [2.24, 2.45) is 5.92 Å². The van der Waals surface area contributed by atoms with Crippen LogP contribution >= 0.6 is 11.6 Å². The van der Waals surface area contributed by atoms with Crippen LogP contribution in [0.5, 0.6) is 5.88 Å². The number of nitrogens with two attached hydrogens (primary N) is 1. The minimum atomic E-state index is 0.195. The Hall–Kier alpha value is -1.03. The van der Waals surface area contributed by atoms with Crippen LogP contribution in [0.4, 0.5) is 5.95 Å². The number of nitrogens with zero attached hydrogens (tertiary/aromatic N) is 2. The van der Waals surface area contributed by atoms with Gasteiger partial charge in [0.05, 0.1) is 12.8 Å². The Bertz CT molecular complexity index is 339. The van der Waals surface area contributed by atoms with Gasteiger partial charge in [0.1, 0.15) is 5.02 Å². The lowest BCUT2D eigenvalue weighted by Gasteiger charge is -2.11. The standard InChI is InChI=1S/C10H14ClN3O/c11-8-5-13-10(12)14-9(8)15-6-7-3-1-2-4-7/h5,7H,1-4,6H2,(H2,12,13,14). The van der Waals surface area contributed by atoms with Crippen LogP contribution in [-0.2, 0) is 0 Å². The Morgan fingerprint density at radius 1 is 1.47 bits per heavy atom. The zero-order valence-corrected chi connectivity index (χ0v) is 9.20. The van der Waals surface area contributed by atoms with Gasteiger partial charge in [-0.05, 0) is 18.8 Å². The van der Waals surface area contributed by atoms with Crippen molar-refractivity contribution in [1.29, 1.82) is 0 Å². The lowest BCUT2D eigenvalue weighted by Crippen LogP contribution is -2.10. The minimum Gasteiger partial charge on any atom is -0.476 e. The molecule has 82 valence electrons. The molecule has 1 aliphatic rings. The Labute approximate surface area is 93.8 Å². The summed E-state index contributed by atoms with van der Waals surface area (Å²) in [5.74, 6) is 1.23. The van der Waals surface area contributed by atoms with Crippen LogP contribution in [0.1, 0.15) is 25.7 Å². The second-order valence-corrected chi connectivity index (χ2v) is 4.25. The molecule has 0 atom stereocenters. The summed E-state index contributed by atoms with van der Waals surface area (Å²) in [5, 5.41) is 0.419. The topological polar surface area (TPSA) is 61.0 Å². The summed E-state index contributed by atoms with van der Waals surface area (Å²) in [6, 6.07) is 0. The van der Waals surface area contributed by atoms with E-state index in [2.05, 4.69) is 9.97 Å². The molecule has 1 aromatic rings. The first-order chi connectivity index (χ1) is 7.25. The highest BCUT2D eigenvalue weighted by atomic mass is 35.5. The van der Waals surface area contributed by atoms with Gasteiger partial charge in [0, 0.05) is 0 Å². The Balaban J connectivity index is 1.94. The van der Waals surface area contributed by atoms with Gasteiger partial charge in [0.25, 0.3) is 0 Å². The van der Waals surface area contributed by atoms with Crippen molar-refractivity contribution in [2.45, 2.75) is 25.7 Å². The van der Waals surface area contributed by atoms with Gasteiger partial charge in [-0.15, -0.1) is 0 Å². The van der Waals surface area contributed by atoms with Gasteiger partial charge < -0.3 is 10.5 Å². The lowest BCUT2D eigenvalue weighted by atomic mass is 10.1. The van der Waals surface area contributed by atoms with E-state index in [1.54, 1.807) is 0 Å². The van der Waals surface area contributed by atoms with Crippen LogP contribution in [-0.4, -0.2) is 16.6 Å². The monoisotopic (exact) mass is 227 g/mol. The van der Waals surface area contributed by atoms with Gasteiger partial charge in [-0.25, -0.2) is 4.98 Å². The summed E-state index contributed by atoms with van der Waals surface area (Å²) in [6.45, 7) is 0.677. The molecule has 0 spiro atoms. The number of hydrogen-bond donors (Lipinski definition) is 1. The van der Waals surface area contributed by atoms with E-state index in [-0.39, 0.29) is 5.95 Å². The zero-order chi connectivity index (χ0) is 10.7. The maximum Gasteiger partial charge on any atom is 0.237 e. The van der Waals surface area contributed by atoms with E-state index in [4.69, 9.17) is 22.1 Å². The average Bonchev–Trinajstić information content (AvgIpc) is 2.72. The average molecular weight is 228 g/mol. The smallest absolute Gasteiger partial charge is 0.237 e. The maximum atomic E-state index is 5.88.